The van der Waals surface area contributed by atoms with Gasteiger partial charge >= 0.3 is 0 Å². The van der Waals surface area contributed by atoms with Crippen LogP contribution in [0.25, 0.3) is 0 Å². The molecule has 1 N–H and O–H groups in total. The summed E-state index contributed by atoms with van der Waals surface area (Å²) < 4.78 is 0. The first-order chi connectivity index (χ1) is 10.2. The number of aryl methyl sites for hydroxylation is 2. The van der Waals surface area contributed by atoms with Crippen molar-refractivity contribution in [1.29, 1.82) is 0 Å². The Morgan fingerprint density at radius 2 is 1.86 bits per heavy atom. The van der Waals surface area contributed by atoms with E-state index in [1.807, 2.05) is 0 Å². The maximum Gasteiger partial charge on any atom is 0.0205 e. The molecule has 1 aromatic rings. The van der Waals surface area contributed by atoms with Gasteiger partial charge in [-0.25, -0.2) is 0 Å². The van der Waals surface area contributed by atoms with Gasteiger partial charge in [-0.3, -0.25) is 0 Å². The molecule has 1 fully saturated rings. The van der Waals surface area contributed by atoms with Crippen LogP contribution in [0.1, 0.15) is 55.2 Å². The summed E-state index contributed by atoms with van der Waals surface area (Å²) in [6.07, 6.45) is 8.37. The quantitative estimate of drug-likeness (QED) is 0.762. The molecule has 2 rings (SSSR count). The molecule has 1 aliphatic rings. The summed E-state index contributed by atoms with van der Waals surface area (Å²) in [7, 11) is 2.30. The van der Waals surface area contributed by atoms with Crippen LogP contribution in [0, 0.1) is 13.8 Å². The van der Waals surface area contributed by atoms with Crippen LogP contribution in [-0.2, 0) is 6.54 Å². The zero-order valence-corrected chi connectivity index (χ0v) is 14.1. The molecule has 0 saturated heterocycles. The SMILES string of the molecule is Cc1ccc(CNCCCN(C)C2CCCCC2)cc1C. The molecule has 2 heteroatoms. The molecule has 1 saturated carbocycles. The van der Waals surface area contributed by atoms with Crippen LogP contribution in [0.5, 0.6) is 0 Å². The van der Waals surface area contributed by atoms with E-state index in [4.69, 9.17) is 0 Å². The molecule has 21 heavy (non-hydrogen) atoms. The second kappa shape index (κ2) is 8.55. The van der Waals surface area contributed by atoms with Crippen molar-refractivity contribution in [2.75, 3.05) is 20.1 Å². The van der Waals surface area contributed by atoms with Crippen molar-refractivity contribution in [1.82, 2.24) is 10.2 Å². The summed E-state index contributed by atoms with van der Waals surface area (Å²) in [5, 5.41) is 3.58. The molecule has 0 heterocycles. The molecule has 0 bridgehead atoms. The fourth-order valence-corrected chi connectivity index (χ4v) is 3.30. The largest absolute Gasteiger partial charge is 0.313 e. The molecule has 2 nitrogen and oxygen atoms in total. The zero-order chi connectivity index (χ0) is 15.1. The second-order valence-electron chi connectivity index (χ2n) is 6.72. The smallest absolute Gasteiger partial charge is 0.0205 e. The molecule has 0 amide bonds. The minimum Gasteiger partial charge on any atom is -0.313 e. The van der Waals surface area contributed by atoms with E-state index in [9.17, 15) is 0 Å². The van der Waals surface area contributed by atoms with E-state index in [2.05, 4.69) is 49.3 Å². The van der Waals surface area contributed by atoms with Crippen molar-refractivity contribution < 1.29 is 0 Å². The minimum absolute atomic E-state index is 0.846. The van der Waals surface area contributed by atoms with E-state index in [0.29, 0.717) is 0 Å². The second-order valence-corrected chi connectivity index (χ2v) is 6.72. The summed E-state index contributed by atoms with van der Waals surface area (Å²) in [6, 6.07) is 7.61. The van der Waals surface area contributed by atoms with E-state index in [-0.39, 0.29) is 0 Å². The highest BCUT2D eigenvalue weighted by Crippen LogP contribution is 2.21. The van der Waals surface area contributed by atoms with Gasteiger partial charge in [-0.1, -0.05) is 37.5 Å². The highest BCUT2D eigenvalue weighted by Gasteiger charge is 2.16. The van der Waals surface area contributed by atoms with Crippen LogP contribution in [0.3, 0.4) is 0 Å². The molecular formula is C19H32N2. The first kappa shape index (κ1) is 16.5. The molecule has 0 unspecified atom stereocenters. The molecule has 1 aromatic carbocycles. The number of rotatable bonds is 7. The fourth-order valence-electron chi connectivity index (χ4n) is 3.30. The van der Waals surface area contributed by atoms with E-state index in [1.165, 1.54) is 61.8 Å². The van der Waals surface area contributed by atoms with Crippen molar-refractivity contribution in [3.05, 3.63) is 34.9 Å². The first-order valence-electron chi connectivity index (χ1n) is 8.64. The summed E-state index contributed by atoms with van der Waals surface area (Å²) in [6.45, 7) is 7.70. The van der Waals surface area contributed by atoms with Gasteiger partial charge in [0.05, 0.1) is 0 Å². The van der Waals surface area contributed by atoms with Crippen molar-refractivity contribution in [3.8, 4) is 0 Å². The third-order valence-corrected chi connectivity index (χ3v) is 4.96. The van der Waals surface area contributed by atoms with Gasteiger partial charge in [-0.15, -0.1) is 0 Å². The van der Waals surface area contributed by atoms with Gasteiger partial charge in [0.2, 0.25) is 0 Å². The summed E-state index contributed by atoms with van der Waals surface area (Å²) >= 11 is 0. The Hall–Kier alpha value is -0.860. The van der Waals surface area contributed by atoms with Crippen LogP contribution in [0.15, 0.2) is 18.2 Å². The third-order valence-electron chi connectivity index (χ3n) is 4.96. The number of hydrogen-bond acceptors (Lipinski definition) is 2. The van der Waals surface area contributed by atoms with Gasteiger partial charge in [0.15, 0.2) is 0 Å². The number of nitrogens with one attached hydrogen (secondary N) is 1. The molecule has 0 aliphatic heterocycles. The van der Waals surface area contributed by atoms with Gasteiger partial charge in [-0.2, -0.15) is 0 Å². The summed E-state index contributed by atoms with van der Waals surface area (Å²) in [5.74, 6) is 0. The molecule has 118 valence electrons. The fraction of sp³-hybridized carbons (Fsp3) is 0.684. The van der Waals surface area contributed by atoms with Crippen molar-refractivity contribution in [2.24, 2.45) is 0 Å². The minimum atomic E-state index is 0.846. The van der Waals surface area contributed by atoms with E-state index >= 15 is 0 Å². The van der Waals surface area contributed by atoms with Crippen molar-refractivity contribution >= 4 is 0 Å². The van der Waals surface area contributed by atoms with E-state index in [1.54, 1.807) is 0 Å². The van der Waals surface area contributed by atoms with Crippen LogP contribution in [0.4, 0.5) is 0 Å². The highest BCUT2D eigenvalue weighted by molar-refractivity contribution is 5.29. The molecular weight excluding hydrogens is 256 g/mol. The van der Waals surface area contributed by atoms with Crippen LogP contribution < -0.4 is 5.32 Å². The lowest BCUT2D eigenvalue weighted by atomic mass is 9.94. The Balaban J connectivity index is 1.60. The number of hydrogen-bond donors (Lipinski definition) is 1. The molecule has 0 aromatic heterocycles. The molecule has 1 aliphatic carbocycles. The van der Waals surface area contributed by atoms with Gasteiger partial charge < -0.3 is 10.2 Å². The Bertz CT molecular complexity index is 422. The average molecular weight is 288 g/mol. The first-order valence-corrected chi connectivity index (χ1v) is 8.64. The Morgan fingerprint density at radius 3 is 2.57 bits per heavy atom. The van der Waals surface area contributed by atoms with Crippen molar-refractivity contribution in [3.63, 3.8) is 0 Å². The predicted octanol–water partition coefficient (Wildman–Crippen LogP) is 4.05. The molecule has 0 spiro atoms. The zero-order valence-electron chi connectivity index (χ0n) is 14.1. The van der Waals surface area contributed by atoms with Crippen LogP contribution in [0.2, 0.25) is 0 Å². The summed E-state index contributed by atoms with van der Waals surface area (Å²) in [5.41, 5.74) is 4.18. The normalized spacial score (nSPS) is 16.6. The van der Waals surface area contributed by atoms with Crippen LogP contribution >= 0.6 is 0 Å². The van der Waals surface area contributed by atoms with E-state index < -0.39 is 0 Å². The van der Waals surface area contributed by atoms with Gasteiger partial charge in [0.1, 0.15) is 0 Å². The molecule has 0 radical (unpaired) electrons. The highest BCUT2D eigenvalue weighted by atomic mass is 15.1. The molecule has 0 atom stereocenters. The Morgan fingerprint density at radius 1 is 1.10 bits per heavy atom. The van der Waals surface area contributed by atoms with Gasteiger partial charge in [0, 0.05) is 12.6 Å². The predicted molar refractivity (Wildman–Crippen MR) is 91.7 cm³/mol. The maximum absolute atomic E-state index is 3.58. The van der Waals surface area contributed by atoms with E-state index in [0.717, 1.165) is 19.1 Å². The van der Waals surface area contributed by atoms with Gasteiger partial charge in [-0.05, 0) is 69.9 Å². The van der Waals surface area contributed by atoms with Crippen molar-refractivity contribution in [2.45, 2.75) is 65.0 Å². The summed E-state index contributed by atoms with van der Waals surface area (Å²) in [4.78, 5) is 2.58. The average Bonchev–Trinajstić information content (AvgIpc) is 2.51. The topological polar surface area (TPSA) is 15.3 Å². The van der Waals surface area contributed by atoms with Crippen LogP contribution in [-0.4, -0.2) is 31.1 Å². The standard InChI is InChI=1S/C19H32N2/c1-16-10-11-18(14-17(16)2)15-20-12-7-13-21(3)19-8-5-4-6-9-19/h10-11,14,19-20H,4-9,12-13,15H2,1-3H3. The Labute approximate surface area is 130 Å². The number of benzene rings is 1. The third kappa shape index (κ3) is 5.44. The monoisotopic (exact) mass is 288 g/mol. The lowest BCUT2D eigenvalue weighted by Crippen LogP contribution is -2.35. The van der Waals surface area contributed by atoms with Gasteiger partial charge in [0.25, 0.3) is 0 Å². The Kier molecular flexibility index (Phi) is 6.72. The maximum atomic E-state index is 3.58. The number of nitrogens with zero attached hydrogens (tertiary/aromatic N) is 1. The lowest BCUT2D eigenvalue weighted by molar-refractivity contribution is 0.189. The lowest BCUT2D eigenvalue weighted by Gasteiger charge is -2.31.